The molecule has 0 radical (unpaired) electrons. The largest absolute Gasteiger partial charge is 0.490 e. The van der Waals surface area contributed by atoms with Crippen molar-refractivity contribution in [3.8, 4) is 11.4 Å². The van der Waals surface area contributed by atoms with Crippen LogP contribution in [-0.4, -0.2) is 41.4 Å². The molecule has 1 aromatic heterocycles. The maximum Gasteiger partial charge on any atom is 0.414 e. The summed E-state index contributed by atoms with van der Waals surface area (Å²) in [4.78, 5) is 34.0. The van der Waals surface area contributed by atoms with Crippen LogP contribution in [0.4, 0.5) is 22.0 Å². The van der Waals surface area contributed by atoms with Crippen LogP contribution in [0, 0.1) is 0 Å². The summed E-state index contributed by atoms with van der Waals surface area (Å²) in [5, 5.41) is 0. The summed E-state index contributed by atoms with van der Waals surface area (Å²) in [6.07, 6.45) is 9.16. The zero-order valence-corrected chi connectivity index (χ0v) is 31.0. The van der Waals surface area contributed by atoms with Gasteiger partial charge >= 0.3 is 11.8 Å². The number of nitrogens with zero attached hydrogens (tertiary/aromatic N) is 4. The Morgan fingerprint density at radius 2 is 1.71 bits per heavy atom. The normalized spacial score (nSPS) is 14.3. The molecule has 2 heterocycles. The first-order chi connectivity index (χ1) is 25.2. The van der Waals surface area contributed by atoms with Crippen LogP contribution in [0.15, 0.2) is 90.0 Å². The van der Waals surface area contributed by atoms with Crippen molar-refractivity contribution in [2.24, 2.45) is 0 Å². The molecule has 1 aliphatic carbocycles. The number of carbonyl (C=O) groups excluding carboxylic acids is 1. The molecular formula is C43H51N5O4. The maximum atomic E-state index is 13.5. The lowest BCUT2D eigenvalue weighted by molar-refractivity contribution is 0.178. The lowest BCUT2D eigenvalue weighted by Gasteiger charge is -2.27. The van der Waals surface area contributed by atoms with Crippen molar-refractivity contribution in [3.63, 3.8) is 0 Å². The van der Waals surface area contributed by atoms with E-state index in [9.17, 15) is 9.59 Å². The number of nitrogens with two attached hydrogens (primary N) is 1. The van der Waals surface area contributed by atoms with Gasteiger partial charge in [-0.25, -0.2) is 9.59 Å². The van der Waals surface area contributed by atoms with Gasteiger partial charge in [-0.3, -0.25) is 9.47 Å². The fourth-order valence-corrected chi connectivity index (χ4v) is 7.47. The molecule has 1 fully saturated rings. The predicted octanol–water partition coefficient (Wildman–Crippen LogP) is 9.16. The van der Waals surface area contributed by atoms with Gasteiger partial charge in [-0.1, -0.05) is 64.5 Å². The fraction of sp³-hybridized carbons (Fsp3) is 0.372. The Bertz CT molecular complexity index is 2010. The Kier molecular flexibility index (Phi) is 11.5. The molecule has 6 rings (SSSR count). The van der Waals surface area contributed by atoms with Gasteiger partial charge in [0.05, 0.1) is 18.3 Å². The first-order valence-corrected chi connectivity index (χ1v) is 18.7. The molecule has 0 unspecified atom stereocenters. The van der Waals surface area contributed by atoms with E-state index in [0.29, 0.717) is 13.2 Å². The minimum absolute atomic E-state index is 0.178. The zero-order valence-electron chi connectivity index (χ0n) is 31.0. The van der Waals surface area contributed by atoms with E-state index in [2.05, 4.69) is 91.8 Å². The number of nitrogen functional groups attached to an aromatic ring is 1. The van der Waals surface area contributed by atoms with Gasteiger partial charge in [0, 0.05) is 35.4 Å². The second-order valence-electron chi connectivity index (χ2n) is 13.7. The summed E-state index contributed by atoms with van der Waals surface area (Å²) in [6, 6.07) is 22.7. The molecule has 4 aromatic rings. The zero-order chi connectivity index (χ0) is 36.8. The van der Waals surface area contributed by atoms with E-state index in [1.807, 2.05) is 13.0 Å². The molecule has 0 bridgehead atoms. The number of amides is 1. The third-order valence-corrected chi connectivity index (χ3v) is 9.88. The smallest absolute Gasteiger partial charge is 0.414 e. The van der Waals surface area contributed by atoms with Crippen LogP contribution in [0.3, 0.4) is 0 Å². The van der Waals surface area contributed by atoms with Crippen molar-refractivity contribution >= 4 is 34.4 Å². The Hall–Kier alpha value is -5.31. The average Bonchev–Trinajstić information content (AvgIpc) is 3.47. The van der Waals surface area contributed by atoms with E-state index in [-0.39, 0.29) is 18.0 Å². The van der Waals surface area contributed by atoms with Crippen molar-refractivity contribution in [1.29, 1.82) is 0 Å². The number of fused-ring (bicyclic) bond motifs is 1. The monoisotopic (exact) mass is 701 g/mol. The lowest BCUT2D eigenvalue weighted by atomic mass is 9.87. The molecule has 1 amide bonds. The fourth-order valence-electron chi connectivity index (χ4n) is 7.47. The molecule has 3 aromatic carbocycles. The molecule has 1 saturated heterocycles. The van der Waals surface area contributed by atoms with E-state index in [1.165, 1.54) is 0 Å². The highest BCUT2D eigenvalue weighted by Crippen LogP contribution is 2.43. The maximum absolute atomic E-state index is 13.5. The number of rotatable bonds is 14. The van der Waals surface area contributed by atoms with Crippen LogP contribution in [-0.2, 0) is 11.2 Å². The van der Waals surface area contributed by atoms with Gasteiger partial charge in [0.1, 0.15) is 18.2 Å². The molecule has 9 heteroatoms. The van der Waals surface area contributed by atoms with Crippen molar-refractivity contribution in [3.05, 3.63) is 118 Å². The first-order valence-electron chi connectivity index (χ1n) is 18.7. The van der Waals surface area contributed by atoms with Crippen LogP contribution in [0.1, 0.15) is 94.9 Å². The summed E-state index contributed by atoms with van der Waals surface area (Å²) < 4.78 is 13.3. The molecule has 272 valence electrons. The van der Waals surface area contributed by atoms with Crippen molar-refractivity contribution in [1.82, 2.24) is 9.55 Å². The van der Waals surface area contributed by atoms with Gasteiger partial charge < -0.3 is 20.1 Å². The summed E-state index contributed by atoms with van der Waals surface area (Å²) in [5.41, 5.74) is 15.4. The van der Waals surface area contributed by atoms with Gasteiger partial charge in [0.2, 0.25) is 0 Å². The number of hydrogen-bond donors (Lipinski definition) is 1. The van der Waals surface area contributed by atoms with Crippen molar-refractivity contribution in [2.75, 3.05) is 35.2 Å². The average molecular weight is 702 g/mol. The van der Waals surface area contributed by atoms with Crippen LogP contribution >= 0.6 is 0 Å². The highest BCUT2D eigenvalue weighted by molar-refractivity contribution is 6.02. The number of aryl methyl sites for hydroxylation is 1. The van der Waals surface area contributed by atoms with Gasteiger partial charge in [-0.05, 0) is 116 Å². The van der Waals surface area contributed by atoms with Crippen molar-refractivity contribution in [2.45, 2.75) is 85.2 Å². The van der Waals surface area contributed by atoms with Crippen LogP contribution < -0.4 is 26.0 Å². The van der Waals surface area contributed by atoms with E-state index >= 15 is 0 Å². The van der Waals surface area contributed by atoms with Gasteiger partial charge in [0.15, 0.2) is 0 Å². The molecule has 2 aliphatic rings. The summed E-state index contributed by atoms with van der Waals surface area (Å²) in [7, 11) is 0. The van der Waals surface area contributed by atoms with Gasteiger partial charge in [-0.2, -0.15) is 4.98 Å². The Morgan fingerprint density at radius 3 is 2.37 bits per heavy atom. The lowest BCUT2D eigenvalue weighted by Crippen LogP contribution is -2.24. The number of cyclic esters (lactones) is 1. The summed E-state index contributed by atoms with van der Waals surface area (Å²) >= 11 is 0. The molecule has 0 spiro atoms. The SMILES string of the molecule is C=C(C)N(CCC)c1ccc(C2=C(c3ccc(OC(CCC)CCC)cc3)c3ccc(N4CCOC4=O)cc3CCC2)c(-n2ccc(N)nc2=O)c1. The van der Waals surface area contributed by atoms with Crippen LogP contribution in [0.25, 0.3) is 16.8 Å². The second-order valence-corrected chi connectivity index (χ2v) is 13.7. The number of allylic oxidation sites excluding steroid dienone is 2. The number of ether oxygens (including phenoxy) is 2. The van der Waals surface area contributed by atoms with Crippen LogP contribution in [0.5, 0.6) is 5.75 Å². The van der Waals surface area contributed by atoms with E-state index in [4.69, 9.17) is 15.2 Å². The molecule has 2 N–H and O–H groups in total. The number of benzene rings is 3. The van der Waals surface area contributed by atoms with Gasteiger partial charge in [0.25, 0.3) is 0 Å². The standard InChI is InChI=1S/C43H51N5O4/c1-6-10-34(11-7-2)52-35-18-14-30(15-19-35)41-36-20-16-32(47-25-26-51-43(47)50)27-31(36)12-9-13-38(41)37-21-17-33(46(23-8-3)29(4)5)28-39(37)48-24-22-40(44)45-42(48)49/h14-22,24,27-28,34H,4,6-13,23,25-26H2,1-3,5H3,(H2,44,45,49). The van der Waals surface area contributed by atoms with Gasteiger partial charge in [-0.15, -0.1) is 0 Å². The second kappa shape index (κ2) is 16.4. The molecule has 0 saturated carbocycles. The molecule has 9 nitrogen and oxygen atoms in total. The number of hydrogen-bond acceptors (Lipinski definition) is 7. The Labute approximate surface area is 307 Å². The summed E-state index contributed by atoms with van der Waals surface area (Å²) in [5.74, 6) is 1.03. The summed E-state index contributed by atoms with van der Waals surface area (Å²) in [6.45, 7) is 14.5. The Balaban J connectivity index is 1.57. The Morgan fingerprint density at radius 1 is 0.962 bits per heavy atom. The van der Waals surface area contributed by atoms with Crippen molar-refractivity contribution < 1.29 is 14.3 Å². The molecular weight excluding hydrogens is 651 g/mol. The molecule has 52 heavy (non-hydrogen) atoms. The van der Waals surface area contributed by atoms with E-state index in [1.54, 1.807) is 21.7 Å². The third kappa shape index (κ3) is 7.78. The first kappa shape index (κ1) is 36.5. The molecule has 0 atom stereocenters. The topological polar surface area (TPSA) is 103 Å². The van der Waals surface area contributed by atoms with E-state index in [0.717, 1.165) is 120 Å². The van der Waals surface area contributed by atoms with E-state index < -0.39 is 5.69 Å². The quantitative estimate of drug-likeness (QED) is 0.140. The minimum atomic E-state index is -0.440. The number of aromatic nitrogens is 2. The van der Waals surface area contributed by atoms with Crippen LogP contribution in [0.2, 0.25) is 0 Å². The third-order valence-electron chi connectivity index (χ3n) is 9.88. The highest BCUT2D eigenvalue weighted by atomic mass is 16.6. The number of carbonyl (C=O) groups is 1. The highest BCUT2D eigenvalue weighted by Gasteiger charge is 2.27. The number of anilines is 3. The molecule has 1 aliphatic heterocycles. The minimum Gasteiger partial charge on any atom is -0.490 e. The predicted molar refractivity (Wildman–Crippen MR) is 211 cm³/mol.